The van der Waals surface area contributed by atoms with Gasteiger partial charge in [0.15, 0.2) is 0 Å². The number of likely N-dealkylation sites (N-methyl/N-ethyl adjacent to an activating group) is 2. The van der Waals surface area contributed by atoms with Gasteiger partial charge in [-0.2, -0.15) is 0 Å². The highest BCUT2D eigenvalue weighted by Gasteiger charge is 2.41. The average molecular weight is 350 g/mol. The summed E-state index contributed by atoms with van der Waals surface area (Å²) in [5.74, 6) is -3.19. The minimum absolute atomic E-state index is 0.253. The molecule has 0 spiro atoms. The summed E-state index contributed by atoms with van der Waals surface area (Å²) in [6.45, 7) is 0. The van der Waals surface area contributed by atoms with Crippen LogP contribution in [0.3, 0.4) is 0 Å². The number of nitrogens with zero attached hydrogens (tertiary/aromatic N) is 4. The van der Waals surface area contributed by atoms with Crippen molar-refractivity contribution >= 4 is 29.8 Å². The number of carbonyl (C=O) groups is 5. The van der Waals surface area contributed by atoms with Crippen molar-refractivity contribution in [1.29, 1.82) is 0 Å². The van der Waals surface area contributed by atoms with E-state index >= 15 is 0 Å². The van der Waals surface area contributed by atoms with Crippen LogP contribution in [0.1, 0.15) is 0 Å². The van der Waals surface area contributed by atoms with E-state index in [-0.39, 0.29) is 5.57 Å². The molecule has 0 aliphatic carbocycles. The molecule has 2 heterocycles. The first-order valence-electron chi connectivity index (χ1n) is 7.30. The van der Waals surface area contributed by atoms with Crippen LogP contribution in [-0.2, 0) is 14.4 Å². The quantitative estimate of drug-likeness (QED) is 0.503. The third-order valence-corrected chi connectivity index (χ3v) is 4.15. The summed E-state index contributed by atoms with van der Waals surface area (Å²) >= 11 is 0. The maximum Gasteiger partial charge on any atom is 0.333 e. The van der Waals surface area contributed by atoms with E-state index < -0.39 is 41.9 Å². The van der Waals surface area contributed by atoms with Gasteiger partial charge in [-0.1, -0.05) is 12.2 Å². The van der Waals surface area contributed by atoms with Crippen LogP contribution in [0.25, 0.3) is 0 Å². The normalized spacial score (nSPS) is 25.6. The lowest BCUT2D eigenvalue weighted by Gasteiger charge is -2.37. The Kier molecular flexibility index (Phi) is 4.75. The third kappa shape index (κ3) is 2.91. The molecule has 10 heteroatoms. The number of barbiturate groups is 1. The summed E-state index contributed by atoms with van der Waals surface area (Å²) in [6, 6.07) is -1.38. The molecule has 1 N–H and O–H groups in total. The summed E-state index contributed by atoms with van der Waals surface area (Å²) in [5, 5.41) is 10.0. The van der Waals surface area contributed by atoms with E-state index in [2.05, 4.69) is 0 Å². The number of imide groups is 3. The SMILES string of the molecule is CN1C(=O)C(=C/C=C/C2C(=O)N(C)C(=O)N(C)C2O)C(=O)N(C)C1=O. The Balaban J connectivity index is 2.26. The van der Waals surface area contributed by atoms with Gasteiger partial charge >= 0.3 is 12.1 Å². The smallest absolute Gasteiger partial charge is 0.333 e. The van der Waals surface area contributed by atoms with E-state index in [4.69, 9.17) is 0 Å². The molecule has 0 aromatic heterocycles. The molecule has 2 saturated heterocycles. The molecule has 0 radical (unpaired) electrons. The summed E-state index contributed by atoms with van der Waals surface area (Å²) in [4.78, 5) is 63.0. The number of urea groups is 2. The van der Waals surface area contributed by atoms with Crippen LogP contribution >= 0.6 is 0 Å². The Morgan fingerprint density at radius 1 is 0.840 bits per heavy atom. The van der Waals surface area contributed by atoms with E-state index in [1.807, 2.05) is 0 Å². The lowest BCUT2D eigenvalue weighted by molar-refractivity contribution is -0.142. The van der Waals surface area contributed by atoms with Gasteiger partial charge in [-0.3, -0.25) is 29.1 Å². The summed E-state index contributed by atoms with van der Waals surface area (Å²) in [7, 11) is 5.12. The summed E-state index contributed by atoms with van der Waals surface area (Å²) in [5.41, 5.74) is -0.253. The first-order chi connectivity index (χ1) is 11.6. The first kappa shape index (κ1) is 18.3. The van der Waals surface area contributed by atoms with Crippen LogP contribution < -0.4 is 0 Å². The minimum atomic E-state index is -1.37. The number of rotatable bonds is 2. The first-order valence-corrected chi connectivity index (χ1v) is 7.30. The highest BCUT2D eigenvalue weighted by Crippen LogP contribution is 2.21. The van der Waals surface area contributed by atoms with Crippen molar-refractivity contribution in [3.8, 4) is 0 Å². The zero-order valence-corrected chi connectivity index (χ0v) is 14.2. The van der Waals surface area contributed by atoms with Gasteiger partial charge in [0, 0.05) is 28.2 Å². The molecular weight excluding hydrogens is 332 g/mol. The summed E-state index contributed by atoms with van der Waals surface area (Å²) < 4.78 is 0. The third-order valence-electron chi connectivity index (χ3n) is 4.15. The van der Waals surface area contributed by atoms with Gasteiger partial charge in [0.2, 0.25) is 5.91 Å². The van der Waals surface area contributed by atoms with E-state index in [0.717, 1.165) is 19.6 Å². The van der Waals surface area contributed by atoms with E-state index in [1.54, 1.807) is 0 Å². The standard InChI is InChI=1S/C15H18N4O6/c1-16-10(20)8(11(21)17(2)14(16)24)6-5-7-9-12(22)18(3)15(25)19(4)13(9)23/h5-8,10,20H,1-4H3/b6-5+. The number of allylic oxidation sites excluding steroid dienone is 2. The molecule has 0 aromatic rings. The molecule has 2 fully saturated rings. The molecule has 25 heavy (non-hydrogen) atoms. The second-order valence-electron chi connectivity index (χ2n) is 5.71. The van der Waals surface area contributed by atoms with Gasteiger partial charge in [-0.25, -0.2) is 9.59 Å². The highest BCUT2D eigenvalue weighted by atomic mass is 16.3. The topological polar surface area (TPSA) is 119 Å². The Morgan fingerprint density at radius 2 is 1.36 bits per heavy atom. The molecule has 0 bridgehead atoms. The Hall–Kier alpha value is -3.01. The van der Waals surface area contributed by atoms with Crippen molar-refractivity contribution in [2.45, 2.75) is 6.23 Å². The number of amides is 7. The lowest BCUT2D eigenvalue weighted by Crippen LogP contribution is -2.58. The molecule has 2 unspecified atom stereocenters. The molecule has 7 amide bonds. The van der Waals surface area contributed by atoms with E-state index in [0.29, 0.717) is 0 Å². The fourth-order valence-electron chi connectivity index (χ4n) is 2.48. The number of aliphatic hydroxyl groups excluding tert-OH is 1. The van der Waals surface area contributed by atoms with Gasteiger partial charge in [0.25, 0.3) is 11.8 Å². The number of hydrogen-bond donors (Lipinski definition) is 1. The molecule has 10 nitrogen and oxygen atoms in total. The van der Waals surface area contributed by atoms with Crippen LogP contribution in [0.15, 0.2) is 23.8 Å². The van der Waals surface area contributed by atoms with Crippen LogP contribution in [-0.4, -0.2) is 88.9 Å². The monoisotopic (exact) mass is 350 g/mol. The zero-order chi connectivity index (χ0) is 19.0. The van der Waals surface area contributed by atoms with E-state index in [1.165, 1.54) is 46.4 Å². The van der Waals surface area contributed by atoms with Crippen LogP contribution in [0, 0.1) is 5.92 Å². The Labute approximate surface area is 143 Å². The van der Waals surface area contributed by atoms with Crippen molar-refractivity contribution in [3.63, 3.8) is 0 Å². The number of carbonyl (C=O) groups excluding carboxylic acids is 5. The predicted octanol–water partition coefficient (Wildman–Crippen LogP) is -1.02. The van der Waals surface area contributed by atoms with Crippen molar-refractivity contribution < 1.29 is 29.1 Å². The van der Waals surface area contributed by atoms with Crippen LogP contribution in [0.4, 0.5) is 9.59 Å². The van der Waals surface area contributed by atoms with Gasteiger partial charge in [-0.05, 0) is 6.08 Å². The van der Waals surface area contributed by atoms with E-state index in [9.17, 15) is 29.1 Å². The molecule has 0 aromatic carbocycles. The van der Waals surface area contributed by atoms with Gasteiger partial charge in [0.1, 0.15) is 17.7 Å². The molecule has 134 valence electrons. The molecule has 2 rings (SSSR count). The zero-order valence-electron chi connectivity index (χ0n) is 14.2. The van der Waals surface area contributed by atoms with Gasteiger partial charge in [-0.15, -0.1) is 0 Å². The van der Waals surface area contributed by atoms with Gasteiger partial charge in [0.05, 0.1) is 0 Å². The molecule has 0 saturated carbocycles. The second-order valence-corrected chi connectivity index (χ2v) is 5.71. The van der Waals surface area contributed by atoms with Crippen molar-refractivity contribution in [1.82, 2.24) is 19.6 Å². The fourth-order valence-corrected chi connectivity index (χ4v) is 2.48. The molecule has 2 aliphatic heterocycles. The molecule has 2 atom stereocenters. The minimum Gasteiger partial charge on any atom is -0.372 e. The van der Waals surface area contributed by atoms with Crippen LogP contribution in [0.5, 0.6) is 0 Å². The largest absolute Gasteiger partial charge is 0.372 e. The molecule has 2 aliphatic rings. The van der Waals surface area contributed by atoms with Gasteiger partial charge < -0.3 is 10.0 Å². The number of aliphatic hydroxyl groups is 1. The molecular formula is C15H18N4O6. The predicted molar refractivity (Wildman–Crippen MR) is 83.6 cm³/mol. The van der Waals surface area contributed by atoms with Crippen molar-refractivity contribution in [3.05, 3.63) is 23.8 Å². The highest BCUT2D eigenvalue weighted by molar-refractivity contribution is 6.28. The fraction of sp³-hybridized carbons (Fsp3) is 0.400. The van der Waals surface area contributed by atoms with Crippen molar-refractivity contribution in [2.75, 3.05) is 28.2 Å². The summed E-state index contributed by atoms with van der Waals surface area (Å²) in [6.07, 6.45) is 2.36. The lowest BCUT2D eigenvalue weighted by atomic mass is 10.0. The van der Waals surface area contributed by atoms with Crippen LogP contribution in [0.2, 0.25) is 0 Å². The second kappa shape index (κ2) is 6.48. The maximum absolute atomic E-state index is 12.1. The average Bonchev–Trinajstić information content (AvgIpc) is 2.60. The maximum atomic E-state index is 12.1. The van der Waals surface area contributed by atoms with Crippen molar-refractivity contribution in [2.24, 2.45) is 5.92 Å². The Morgan fingerprint density at radius 3 is 1.88 bits per heavy atom. The number of hydrogen-bond acceptors (Lipinski definition) is 6. The Bertz CT molecular complexity index is 702.